The van der Waals surface area contributed by atoms with Gasteiger partial charge in [0.15, 0.2) is 0 Å². The quantitative estimate of drug-likeness (QED) is 0.673. The number of ether oxygens (including phenoxy) is 1. The molecule has 0 aliphatic carbocycles. The summed E-state index contributed by atoms with van der Waals surface area (Å²) in [4.78, 5) is 16.9. The molecular formula is C15H31N3O2. The molecule has 1 N–H and O–H groups in total. The van der Waals surface area contributed by atoms with E-state index in [2.05, 4.69) is 36.0 Å². The van der Waals surface area contributed by atoms with Crippen LogP contribution in [-0.4, -0.2) is 74.2 Å². The average Bonchev–Trinajstić information content (AvgIpc) is 2.44. The summed E-state index contributed by atoms with van der Waals surface area (Å²) >= 11 is 0. The van der Waals surface area contributed by atoms with Crippen molar-refractivity contribution in [3.8, 4) is 0 Å². The van der Waals surface area contributed by atoms with Crippen LogP contribution >= 0.6 is 0 Å². The van der Waals surface area contributed by atoms with Gasteiger partial charge in [-0.1, -0.05) is 13.8 Å². The van der Waals surface area contributed by atoms with Crippen molar-refractivity contribution in [1.29, 1.82) is 0 Å². The number of likely N-dealkylation sites (N-methyl/N-ethyl adjacent to an activating group) is 2. The lowest BCUT2D eigenvalue weighted by Crippen LogP contribution is -2.62. The van der Waals surface area contributed by atoms with Gasteiger partial charge in [-0.05, 0) is 46.4 Å². The lowest BCUT2D eigenvalue weighted by atomic mass is 9.89. The highest BCUT2D eigenvalue weighted by molar-refractivity contribution is 5.81. The number of piperidine rings is 1. The first-order valence-electron chi connectivity index (χ1n) is 7.91. The zero-order valence-electron chi connectivity index (χ0n) is 13.6. The first-order valence-corrected chi connectivity index (χ1v) is 7.91. The molecule has 1 aliphatic heterocycles. The number of nitrogens with one attached hydrogen (secondary N) is 1. The first-order chi connectivity index (χ1) is 9.57. The maximum Gasteiger partial charge on any atom is 0.327 e. The molecule has 1 atom stereocenters. The van der Waals surface area contributed by atoms with Crippen molar-refractivity contribution in [1.82, 2.24) is 15.1 Å². The third-order valence-corrected chi connectivity index (χ3v) is 4.14. The minimum Gasteiger partial charge on any atom is -0.465 e. The SMILES string of the molecule is CCOC(=O)C1(NCCN(CC)CC)CCCN(C)C1. The van der Waals surface area contributed by atoms with Crippen LogP contribution in [0.5, 0.6) is 0 Å². The lowest BCUT2D eigenvalue weighted by molar-refractivity contribution is -0.153. The predicted molar refractivity (Wildman–Crippen MR) is 81.9 cm³/mol. The molecule has 0 amide bonds. The fourth-order valence-corrected chi connectivity index (χ4v) is 2.92. The van der Waals surface area contributed by atoms with Crippen LogP contribution in [0.4, 0.5) is 0 Å². The van der Waals surface area contributed by atoms with Gasteiger partial charge >= 0.3 is 5.97 Å². The maximum atomic E-state index is 12.4. The fourth-order valence-electron chi connectivity index (χ4n) is 2.92. The van der Waals surface area contributed by atoms with Gasteiger partial charge in [0.2, 0.25) is 0 Å². The van der Waals surface area contributed by atoms with Crippen molar-refractivity contribution in [3.63, 3.8) is 0 Å². The third-order valence-electron chi connectivity index (χ3n) is 4.14. The van der Waals surface area contributed by atoms with Gasteiger partial charge in [-0.25, -0.2) is 4.79 Å². The number of nitrogens with zero attached hydrogens (tertiary/aromatic N) is 2. The van der Waals surface area contributed by atoms with Crippen molar-refractivity contribution >= 4 is 5.97 Å². The Bertz CT molecular complexity index is 295. The minimum atomic E-state index is -0.518. The van der Waals surface area contributed by atoms with Crippen LogP contribution < -0.4 is 5.32 Å². The molecule has 0 aromatic carbocycles. The van der Waals surface area contributed by atoms with Gasteiger partial charge in [0.1, 0.15) is 5.54 Å². The molecule has 1 fully saturated rings. The summed E-state index contributed by atoms with van der Waals surface area (Å²) in [5.74, 6) is -0.0916. The molecule has 118 valence electrons. The van der Waals surface area contributed by atoms with Gasteiger partial charge in [-0.2, -0.15) is 0 Å². The molecule has 5 nitrogen and oxygen atoms in total. The summed E-state index contributed by atoms with van der Waals surface area (Å²) in [6.07, 6.45) is 1.90. The van der Waals surface area contributed by atoms with Gasteiger partial charge in [0, 0.05) is 19.6 Å². The molecule has 0 spiro atoms. The maximum absolute atomic E-state index is 12.4. The van der Waals surface area contributed by atoms with E-state index < -0.39 is 5.54 Å². The molecule has 0 bridgehead atoms. The van der Waals surface area contributed by atoms with Crippen LogP contribution in [0, 0.1) is 0 Å². The minimum absolute atomic E-state index is 0.0916. The predicted octanol–water partition coefficient (Wildman–Crippen LogP) is 0.945. The molecule has 1 unspecified atom stereocenters. The van der Waals surface area contributed by atoms with Crippen LogP contribution in [-0.2, 0) is 9.53 Å². The smallest absolute Gasteiger partial charge is 0.327 e. The monoisotopic (exact) mass is 285 g/mol. The molecular weight excluding hydrogens is 254 g/mol. The van der Waals surface area contributed by atoms with Crippen molar-refractivity contribution in [2.45, 2.75) is 39.2 Å². The first kappa shape index (κ1) is 17.4. The summed E-state index contributed by atoms with van der Waals surface area (Å²) in [7, 11) is 2.07. The Hall–Kier alpha value is -0.650. The number of esters is 1. The number of carbonyl (C=O) groups is 1. The van der Waals surface area contributed by atoms with E-state index in [0.717, 1.165) is 52.1 Å². The summed E-state index contributed by atoms with van der Waals surface area (Å²) in [6, 6.07) is 0. The normalized spacial score (nSPS) is 24.1. The summed E-state index contributed by atoms with van der Waals surface area (Å²) < 4.78 is 5.30. The zero-order chi connectivity index (χ0) is 15.0. The number of hydrogen-bond donors (Lipinski definition) is 1. The highest BCUT2D eigenvalue weighted by atomic mass is 16.5. The van der Waals surface area contributed by atoms with Gasteiger partial charge in [0.25, 0.3) is 0 Å². The molecule has 0 radical (unpaired) electrons. The Kier molecular flexibility index (Phi) is 7.48. The number of likely N-dealkylation sites (tertiary alicyclic amines) is 1. The highest BCUT2D eigenvalue weighted by Crippen LogP contribution is 2.22. The van der Waals surface area contributed by atoms with E-state index in [-0.39, 0.29) is 5.97 Å². The molecule has 0 aromatic heterocycles. The average molecular weight is 285 g/mol. The van der Waals surface area contributed by atoms with Crippen molar-refractivity contribution < 1.29 is 9.53 Å². The van der Waals surface area contributed by atoms with Crippen LogP contribution in [0.1, 0.15) is 33.6 Å². The van der Waals surface area contributed by atoms with Gasteiger partial charge in [-0.3, -0.25) is 5.32 Å². The van der Waals surface area contributed by atoms with E-state index in [1.54, 1.807) is 0 Å². The van der Waals surface area contributed by atoms with E-state index >= 15 is 0 Å². The zero-order valence-corrected chi connectivity index (χ0v) is 13.6. The van der Waals surface area contributed by atoms with Crippen molar-refractivity contribution in [2.75, 3.05) is 52.9 Å². The second-order valence-electron chi connectivity index (χ2n) is 5.60. The molecule has 5 heteroatoms. The topological polar surface area (TPSA) is 44.8 Å². The molecule has 20 heavy (non-hydrogen) atoms. The van der Waals surface area contributed by atoms with Gasteiger partial charge in [-0.15, -0.1) is 0 Å². The number of rotatable bonds is 8. The Labute approximate surface area is 123 Å². The second kappa shape index (κ2) is 8.60. The van der Waals surface area contributed by atoms with E-state index in [9.17, 15) is 4.79 Å². The largest absolute Gasteiger partial charge is 0.465 e. The summed E-state index contributed by atoms with van der Waals surface area (Å²) in [5.41, 5.74) is -0.518. The summed E-state index contributed by atoms with van der Waals surface area (Å²) in [5, 5.41) is 3.49. The molecule has 0 saturated carbocycles. The number of hydrogen-bond acceptors (Lipinski definition) is 5. The van der Waals surface area contributed by atoms with Crippen molar-refractivity contribution in [2.24, 2.45) is 0 Å². The molecule has 1 saturated heterocycles. The van der Waals surface area contributed by atoms with Crippen LogP contribution in [0.15, 0.2) is 0 Å². The lowest BCUT2D eigenvalue weighted by Gasteiger charge is -2.40. The van der Waals surface area contributed by atoms with Crippen LogP contribution in [0.25, 0.3) is 0 Å². The van der Waals surface area contributed by atoms with E-state index in [1.807, 2.05) is 6.92 Å². The van der Waals surface area contributed by atoms with Crippen LogP contribution in [0.3, 0.4) is 0 Å². The van der Waals surface area contributed by atoms with E-state index in [1.165, 1.54) is 0 Å². The Morgan fingerprint density at radius 3 is 2.60 bits per heavy atom. The fraction of sp³-hybridized carbons (Fsp3) is 0.933. The third kappa shape index (κ3) is 4.72. The Morgan fingerprint density at radius 1 is 1.35 bits per heavy atom. The highest BCUT2D eigenvalue weighted by Gasteiger charge is 2.42. The summed E-state index contributed by atoms with van der Waals surface area (Å²) in [6.45, 7) is 12.3. The molecule has 0 aromatic rings. The second-order valence-corrected chi connectivity index (χ2v) is 5.60. The Morgan fingerprint density at radius 2 is 2.05 bits per heavy atom. The standard InChI is InChI=1S/C15H31N3O2/c1-5-18(6-2)12-10-16-15(14(19)20-7-3)9-8-11-17(4)13-15/h16H,5-13H2,1-4H3. The molecule has 1 rings (SSSR count). The molecule has 1 aliphatic rings. The van der Waals surface area contributed by atoms with Crippen molar-refractivity contribution in [3.05, 3.63) is 0 Å². The van der Waals surface area contributed by atoms with Crippen LogP contribution in [0.2, 0.25) is 0 Å². The van der Waals surface area contributed by atoms with Gasteiger partial charge < -0.3 is 14.5 Å². The van der Waals surface area contributed by atoms with Gasteiger partial charge in [0.05, 0.1) is 6.61 Å². The number of carbonyl (C=O) groups excluding carboxylic acids is 1. The van der Waals surface area contributed by atoms with E-state index in [4.69, 9.17) is 4.74 Å². The molecule has 1 heterocycles. The Balaban J connectivity index is 2.61. The van der Waals surface area contributed by atoms with E-state index in [0.29, 0.717) is 6.61 Å².